The van der Waals surface area contributed by atoms with Gasteiger partial charge in [0, 0.05) is 30.2 Å². The molecule has 2 aromatic heterocycles. The highest BCUT2D eigenvalue weighted by Gasteiger charge is 2.31. The summed E-state index contributed by atoms with van der Waals surface area (Å²) >= 11 is 1.61. The van der Waals surface area contributed by atoms with Crippen molar-refractivity contribution in [3.8, 4) is 0 Å². The number of likely N-dealkylation sites (tertiary alicyclic amines) is 1. The second kappa shape index (κ2) is 7.25. The van der Waals surface area contributed by atoms with Gasteiger partial charge in [-0.15, -0.1) is 11.3 Å². The standard InChI is InChI=1S/C17H22N4O2S/c1-3-9-21-15(22)8-7-13(19-21)17(23)20-10-5-4-6-14(20)16-18-12(2)11-24-16/h7-8,11,14H,3-6,9-10H2,1-2H3/t14-/m1/s1. The molecule has 1 aliphatic heterocycles. The normalized spacial score (nSPS) is 17.9. The first kappa shape index (κ1) is 16.8. The van der Waals surface area contributed by atoms with Crippen LogP contribution in [-0.2, 0) is 6.54 Å². The molecule has 1 fully saturated rings. The van der Waals surface area contributed by atoms with Gasteiger partial charge in [-0.25, -0.2) is 9.67 Å². The maximum absolute atomic E-state index is 13.0. The van der Waals surface area contributed by atoms with Crippen molar-refractivity contribution in [3.63, 3.8) is 0 Å². The number of rotatable bonds is 4. The third-order valence-corrected chi connectivity index (χ3v) is 5.27. The largest absolute Gasteiger partial charge is 0.328 e. The molecule has 1 aliphatic rings. The minimum atomic E-state index is -0.167. The quantitative estimate of drug-likeness (QED) is 0.854. The molecule has 0 saturated carbocycles. The van der Waals surface area contributed by atoms with E-state index in [0.717, 1.165) is 36.4 Å². The lowest BCUT2D eigenvalue weighted by molar-refractivity contribution is 0.0602. The van der Waals surface area contributed by atoms with Gasteiger partial charge < -0.3 is 4.90 Å². The van der Waals surface area contributed by atoms with E-state index in [1.165, 1.54) is 16.8 Å². The minimum absolute atomic E-state index is 0.0123. The number of aryl methyl sites for hydroxylation is 2. The van der Waals surface area contributed by atoms with Crippen LogP contribution in [-0.4, -0.2) is 32.1 Å². The molecule has 3 rings (SSSR count). The molecular formula is C17H22N4O2S. The number of aromatic nitrogens is 3. The van der Waals surface area contributed by atoms with Crippen LogP contribution in [0.3, 0.4) is 0 Å². The topological polar surface area (TPSA) is 68.1 Å². The fourth-order valence-corrected chi connectivity index (χ4v) is 3.98. The first-order valence-electron chi connectivity index (χ1n) is 8.41. The first-order chi connectivity index (χ1) is 11.6. The molecule has 0 aliphatic carbocycles. The van der Waals surface area contributed by atoms with Crippen LogP contribution in [0.5, 0.6) is 0 Å². The van der Waals surface area contributed by atoms with Crippen molar-refractivity contribution in [2.24, 2.45) is 0 Å². The molecule has 1 amide bonds. The highest BCUT2D eigenvalue weighted by Crippen LogP contribution is 2.33. The Morgan fingerprint density at radius 1 is 1.38 bits per heavy atom. The van der Waals surface area contributed by atoms with E-state index in [-0.39, 0.29) is 17.5 Å². The van der Waals surface area contributed by atoms with Crippen molar-refractivity contribution in [3.05, 3.63) is 44.3 Å². The zero-order valence-electron chi connectivity index (χ0n) is 14.1. The lowest BCUT2D eigenvalue weighted by Gasteiger charge is -2.34. The second-order valence-electron chi connectivity index (χ2n) is 6.12. The van der Waals surface area contributed by atoms with E-state index in [4.69, 9.17) is 0 Å². The summed E-state index contributed by atoms with van der Waals surface area (Å²) in [7, 11) is 0. The highest BCUT2D eigenvalue weighted by molar-refractivity contribution is 7.09. The molecule has 0 radical (unpaired) electrons. The predicted octanol–water partition coefficient (Wildman–Crippen LogP) is 2.79. The zero-order valence-corrected chi connectivity index (χ0v) is 14.9. The Morgan fingerprint density at radius 3 is 2.92 bits per heavy atom. The SMILES string of the molecule is CCCn1nc(C(=O)N2CCCC[C@@H]2c2nc(C)cs2)ccc1=O. The van der Waals surface area contributed by atoms with Crippen molar-refractivity contribution in [2.75, 3.05) is 6.54 Å². The number of nitrogens with zero attached hydrogens (tertiary/aromatic N) is 4. The van der Waals surface area contributed by atoms with Gasteiger partial charge in [0.1, 0.15) is 10.7 Å². The molecule has 0 aromatic carbocycles. The van der Waals surface area contributed by atoms with E-state index in [9.17, 15) is 9.59 Å². The first-order valence-corrected chi connectivity index (χ1v) is 9.29. The number of thiazole rings is 1. The van der Waals surface area contributed by atoms with Crippen molar-refractivity contribution in [1.82, 2.24) is 19.7 Å². The molecule has 6 nitrogen and oxygen atoms in total. The summed E-state index contributed by atoms with van der Waals surface area (Å²) in [6.07, 6.45) is 3.81. The van der Waals surface area contributed by atoms with Gasteiger partial charge in [-0.2, -0.15) is 5.10 Å². The zero-order chi connectivity index (χ0) is 17.1. The maximum atomic E-state index is 13.0. The third kappa shape index (κ3) is 3.40. The van der Waals surface area contributed by atoms with Crippen LogP contribution in [0.2, 0.25) is 0 Å². The molecule has 0 bridgehead atoms. The van der Waals surface area contributed by atoms with E-state index in [1.807, 2.05) is 24.1 Å². The molecule has 0 unspecified atom stereocenters. The Kier molecular flexibility index (Phi) is 5.08. The molecule has 0 spiro atoms. The average molecular weight is 346 g/mol. The van der Waals surface area contributed by atoms with Gasteiger partial charge in [-0.1, -0.05) is 6.92 Å². The lowest BCUT2D eigenvalue weighted by Crippen LogP contribution is -2.39. The Morgan fingerprint density at radius 2 is 2.21 bits per heavy atom. The van der Waals surface area contributed by atoms with Gasteiger partial charge in [0.2, 0.25) is 0 Å². The lowest BCUT2D eigenvalue weighted by atomic mass is 10.0. The Labute approximate surface area is 145 Å². The Bertz CT molecular complexity index is 783. The van der Waals surface area contributed by atoms with Gasteiger partial charge in [0.15, 0.2) is 0 Å². The summed E-state index contributed by atoms with van der Waals surface area (Å²) in [5.41, 5.74) is 1.16. The Balaban J connectivity index is 1.89. The molecule has 0 N–H and O–H groups in total. The van der Waals surface area contributed by atoms with Gasteiger partial charge >= 0.3 is 0 Å². The second-order valence-corrected chi connectivity index (χ2v) is 7.01. The third-order valence-electron chi connectivity index (χ3n) is 4.21. The fraction of sp³-hybridized carbons (Fsp3) is 0.529. The fourth-order valence-electron chi connectivity index (χ4n) is 3.04. The van der Waals surface area contributed by atoms with Crippen LogP contribution >= 0.6 is 11.3 Å². The molecule has 3 heterocycles. The van der Waals surface area contributed by atoms with Crippen LogP contribution in [0.15, 0.2) is 22.3 Å². The summed E-state index contributed by atoms with van der Waals surface area (Å²) in [5, 5.41) is 7.27. The van der Waals surface area contributed by atoms with E-state index >= 15 is 0 Å². The summed E-state index contributed by atoms with van der Waals surface area (Å²) in [4.78, 5) is 31.2. The van der Waals surface area contributed by atoms with Crippen LogP contribution in [0.25, 0.3) is 0 Å². The van der Waals surface area contributed by atoms with Crippen LogP contribution in [0.1, 0.15) is 59.8 Å². The summed E-state index contributed by atoms with van der Waals surface area (Å²) in [5.74, 6) is -0.114. The van der Waals surface area contributed by atoms with Gasteiger partial charge in [-0.3, -0.25) is 9.59 Å². The van der Waals surface area contributed by atoms with E-state index in [0.29, 0.717) is 18.8 Å². The van der Waals surface area contributed by atoms with Crippen molar-refractivity contribution >= 4 is 17.2 Å². The number of hydrogen-bond acceptors (Lipinski definition) is 5. The molecule has 1 atom stereocenters. The molecule has 1 saturated heterocycles. The molecule has 2 aromatic rings. The number of piperidine rings is 1. The van der Waals surface area contributed by atoms with E-state index in [2.05, 4.69) is 10.1 Å². The number of amides is 1. The highest BCUT2D eigenvalue weighted by atomic mass is 32.1. The number of hydrogen-bond donors (Lipinski definition) is 0. The molecule has 128 valence electrons. The van der Waals surface area contributed by atoms with Crippen molar-refractivity contribution in [2.45, 2.75) is 52.1 Å². The molecular weight excluding hydrogens is 324 g/mol. The smallest absolute Gasteiger partial charge is 0.274 e. The van der Waals surface area contributed by atoms with Gasteiger partial charge in [0.05, 0.1) is 6.04 Å². The van der Waals surface area contributed by atoms with Gasteiger partial charge in [0.25, 0.3) is 11.5 Å². The van der Waals surface area contributed by atoms with E-state index in [1.54, 1.807) is 11.3 Å². The average Bonchev–Trinajstić information content (AvgIpc) is 3.03. The van der Waals surface area contributed by atoms with Crippen LogP contribution in [0, 0.1) is 6.92 Å². The van der Waals surface area contributed by atoms with Crippen LogP contribution in [0.4, 0.5) is 0 Å². The van der Waals surface area contributed by atoms with Crippen molar-refractivity contribution < 1.29 is 4.79 Å². The van der Waals surface area contributed by atoms with Gasteiger partial charge in [-0.05, 0) is 38.7 Å². The Hall–Kier alpha value is -2.02. The summed E-state index contributed by atoms with van der Waals surface area (Å²) < 4.78 is 1.37. The maximum Gasteiger partial charge on any atom is 0.274 e. The minimum Gasteiger partial charge on any atom is -0.328 e. The van der Waals surface area contributed by atoms with Crippen LogP contribution < -0.4 is 5.56 Å². The summed E-state index contributed by atoms with van der Waals surface area (Å²) in [6.45, 7) is 5.18. The van der Waals surface area contributed by atoms with E-state index < -0.39 is 0 Å². The van der Waals surface area contributed by atoms with Crippen molar-refractivity contribution in [1.29, 1.82) is 0 Å². The molecule has 24 heavy (non-hydrogen) atoms. The molecule has 7 heteroatoms. The number of carbonyl (C=O) groups is 1. The summed E-state index contributed by atoms with van der Waals surface area (Å²) in [6, 6.07) is 2.98. The number of carbonyl (C=O) groups excluding carboxylic acids is 1. The monoisotopic (exact) mass is 346 g/mol. The predicted molar refractivity (Wildman–Crippen MR) is 93.3 cm³/mol.